The number of nitrogens with one attached hydrogen (secondary N) is 1. The molecule has 3 rings (SSSR count). The van der Waals surface area contributed by atoms with Crippen LogP contribution in [0.1, 0.15) is 22.3 Å². The number of anilines is 1. The summed E-state index contributed by atoms with van der Waals surface area (Å²) in [5.41, 5.74) is 2.84. The highest BCUT2D eigenvalue weighted by atomic mass is 32.2. The molecule has 0 radical (unpaired) electrons. The number of benzene rings is 2. The van der Waals surface area contributed by atoms with E-state index in [2.05, 4.69) is 11.4 Å². The zero-order valence-electron chi connectivity index (χ0n) is 15.4. The topological polar surface area (TPSA) is 58.6 Å². The second-order valence-electron chi connectivity index (χ2n) is 6.32. The Labute approximate surface area is 164 Å². The van der Waals surface area contributed by atoms with E-state index in [-0.39, 0.29) is 17.6 Å². The maximum absolute atomic E-state index is 13.2. The molecule has 142 valence electrons. The molecule has 2 amide bonds. The summed E-state index contributed by atoms with van der Waals surface area (Å²) in [7, 11) is 1.60. The summed E-state index contributed by atoms with van der Waals surface area (Å²) in [4.78, 5) is 27.9. The Balaban J connectivity index is 1.72. The van der Waals surface area contributed by atoms with E-state index in [1.807, 2.05) is 47.4 Å². The number of nitrogens with zero attached hydrogens (tertiary/aromatic N) is 1. The second kappa shape index (κ2) is 9.58. The Morgan fingerprint density at radius 3 is 2.78 bits per heavy atom. The summed E-state index contributed by atoms with van der Waals surface area (Å²) in [6.07, 6.45) is 1.96. The van der Waals surface area contributed by atoms with Gasteiger partial charge in [-0.2, -0.15) is 0 Å². The van der Waals surface area contributed by atoms with E-state index in [0.29, 0.717) is 25.3 Å². The number of hydrogen-bond acceptors (Lipinski definition) is 4. The van der Waals surface area contributed by atoms with Crippen LogP contribution < -0.4 is 10.2 Å². The van der Waals surface area contributed by atoms with Gasteiger partial charge < -0.3 is 15.0 Å². The maximum Gasteiger partial charge on any atom is 0.259 e. The second-order valence-corrected chi connectivity index (χ2v) is 7.33. The fraction of sp³-hybridized carbons (Fsp3) is 0.333. The SMILES string of the molecule is COCCNC(=O)CSc1ccccc1C(=O)N1CCCc2ccccc21. The van der Waals surface area contributed by atoms with Crippen molar-refractivity contribution in [2.45, 2.75) is 17.7 Å². The molecule has 1 N–H and O–H groups in total. The minimum Gasteiger partial charge on any atom is -0.383 e. The third kappa shape index (κ3) is 4.90. The maximum atomic E-state index is 13.2. The third-order valence-electron chi connectivity index (χ3n) is 4.46. The highest BCUT2D eigenvalue weighted by Gasteiger charge is 2.25. The van der Waals surface area contributed by atoms with Crippen molar-refractivity contribution in [3.05, 3.63) is 59.7 Å². The van der Waals surface area contributed by atoms with Crippen LogP contribution in [0.4, 0.5) is 5.69 Å². The molecule has 0 atom stereocenters. The summed E-state index contributed by atoms with van der Waals surface area (Å²) in [6, 6.07) is 15.6. The number of hydrogen-bond donors (Lipinski definition) is 1. The summed E-state index contributed by atoms with van der Waals surface area (Å²) >= 11 is 1.39. The van der Waals surface area contributed by atoms with E-state index < -0.39 is 0 Å². The molecule has 0 saturated heterocycles. The van der Waals surface area contributed by atoms with Gasteiger partial charge in [-0.3, -0.25) is 9.59 Å². The van der Waals surface area contributed by atoms with Crippen LogP contribution in [0.2, 0.25) is 0 Å². The zero-order valence-corrected chi connectivity index (χ0v) is 16.3. The number of methoxy groups -OCH3 is 1. The lowest BCUT2D eigenvalue weighted by Gasteiger charge is -2.30. The van der Waals surface area contributed by atoms with Crippen molar-refractivity contribution in [2.24, 2.45) is 0 Å². The summed E-state index contributed by atoms with van der Waals surface area (Å²) < 4.78 is 4.93. The third-order valence-corrected chi connectivity index (χ3v) is 5.53. The van der Waals surface area contributed by atoms with Crippen molar-refractivity contribution in [1.82, 2.24) is 5.32 Å². The molecular formula is C21H24N2O3S. The number of aryl methyl sites for hydroxylation is 1. The summed E-state index contributed by atoms with van der Waals surface area (Å²) in [6.45, 7) is 1.69. The average molecular weight is 385 g/mol. The molecule has 1 aliphatic rings. The van der Waals surface area contributed by atoms with Crippen molar-refractivity contribution in [2.75, 3.05) is 37.5 Å². The minimum absolute atomic E-state index is 0.00922. The molecule has 0 aliphatic carbocycles. The Kier molecular flexibility index (Phi) is 6.90. The number of ether oxygens (including phenoxy) is 1. The van der Waals surface area contributed by atoms with Crippen LogP contribution in [-0.2, 0) is 16.0 Å². The fourth-order valence-corrected chi connectivity index (χ4v) is 4.02. The molecular weight excluding hydrogens is 360 g/mol. The van der Waals surface area contributed by atoms with Gasteiger partial charge in [0, 0.05) is 30.8 Å². The van der Waals surface area contributed by atoms with Gasteiger partial charge in [0.15, 0.2) is 0 Å². The monoisotopic (exact) mass is 384 g/mol. The molecule has 0 saturated carbocycles. The number of thioether (sulfide) groups is 1. The van der Waals surface area contributed by atoms with Gasteiger partial charge in [0.25, 0.3) is 5.91 Å². The minimum atomic E-state index is -0.0670. The van der Waals surface area contributed by atoms with Gasteiger partial charge in [0.1, 0.15) is 0 Å². The molecule has 5 nitrogen and oxygen atoms in total. The first-order chi connectivity index (χ1) is 13.2. The normalized spacial score (nSPS) is 13.1. The number of carbonyl (C=O) groups is 2. The lowest BCUT2D eigenvalue weighted by atomic mass is 10.0. The van der Waals surface area contributed by atoms with Crippen LogP contribution in [0.5, 0.6) is 0 Å². The van der Waals surface area contributed by atoms with E-state index in [4.69, 9.17) is 4.74 Å². The van der Waals surface area contributed by atoms with E-state index in [0.717, 1.165) is 23.4 Å². The van der Waals surface area contributed by atoms with Crippen LogP contribution >= 0.6 is 11.8 Å². The fourth-order valence-electron chi connectivity index (χ4n) is 3.15. The summed E-state index contributed by atoms with van der Waals surface area (Å²) in [5, 5.41) is 2.80. The number of amides is 2. The van der Waals surface area contributed by atoms with Gasteiger partial charge >= 0.3 is 0 Å². The Morgan fingerprint density at radius 1 is 1.15 bits per heavy atom. The van der Waals surface area contributed by atoms with Gasteiger partial charge in [0.2, 0.25) is 5.91 Å². The van der Waals surface area contributed by atoms with Crippen molar-refractivity contribution >= 4 is 29.3 Å². The molecule has 2 aromatic rings. The predicted octanol–water partition coefficient (Wildman–Crippen LogP) is 3.13. The van der Waals surface area contributed by atoms with Gasteiger partial charge in [0.05, 0.1) is 17.9 Å². The molecule has 1 aliphatic heterocycles. The van der Waals surface area contributed by atoms with Crippen LogP contribution in [-0.4, -0.2) is 44.4 Å². The Morgan fingerprint density at radius 2 is 1.93 bits per heavy atom. The van der Waals surface area contributed by atoms with Crippen molar-refractivity contribution in [3.8, 4) is 0 Å². The van der Waals surface area contributed by atoms with Crippen LogP contribution in [0.25, 0.3) is 0 Å². The first-order valence-electron chi connectivity index (χ1n) is 9.08. The Bertz CT molecular complexity index is 810. The molecule has 1 heterocycles. The number of para-hydroxylation sites is 1. The van der Waals surface area contributed by atoms with Gasteiger partial charge in [-0.25, -0.2) is 0 Å². The van der Waals surface area contributed by atoms with Crippen molar-refractivity contribution in [1.29, 1.82) is 0 Å². The molecule has 0 spiro atoms. The first-order valence-corrected chi connectivity index (χ1v) is 10.1. The van der Waals surface area contributed by atoms with E-state index in [9.17, 15) is 9.59 Å². The van der Waals surface area contributed by atoms with Gasteiger partial charge in [-0.05, 0) is 36.6 Å². The van der Waals surface area contributed by atoms with E-state index >= 15 is 0 Å². The Hall–Kier alpha value is -2.31. The van der Waals surface area contributed by atoms with Crippen molar-refractivity contribution in [3.63, 3.8) is 0 Å². The van der Waals surface area contributed by atoms with Crippen molar-refractivity contribution < 1.29 is 14.3 Å². The molecule has 0 aromatic heterocycles. The molecule has 0 unspecified atom stereocenters. The first kappa shape index (κ1) is 19.5. The lowest BCUT2D eigenvalue weighted by Crippen LogP contribution is -2.35. The van der Waals surface area contributed by atoms with Crippen LogP contribution in [0.15, 0.2) is 53.4 Å². The van der Waals surface area contributed by atoms with E-state index in [1.54, 1.807) is 7.11 Å². The van der Waals surface area contributed by atoms with Gasteiger partial charge in [-0.15, -0.1) is 11.8 Å². The predicted molar refractivity (Wildman–Crippen MR) is 108 cm³/mol. The largest absolute Gasteiger partial charge is 0.383 e. The lowest BCUT2D eigenvalue weighted by molar-refractivity contribution is -0.118. The van der Waals surface area contributed by atoms with Gasteiger partial charge in [-0.1, -0.05) is 30.3 Å². The molecule has 2 aromatic carbocycles. The smallest absolute Gasteiger partial charge is 0.259 e. The quantitative estimate of drug-likeness (QED) is 0.589. The number of carbonyl (C=O) groups excluding carboxylic acids is 2. The standard InChI is InChI=1S/C21H24N2O3S/c1-26-14-12-22-20(24)15-27-19-11-5-3-9-17(19)21(25)23-13-6-8-16-7-2-4-10-18(16)23/h2-5,7,9-11H,6,8,12-15H2,1H3,(H,22,24). The average Bonchev–Trinajstić information content (AvgIpc) is 2.72. The number of rotatable bonds is 7. The molecule has 27 heavy (non-hydrogen) atoms. The molecule has 6 heteroatoms. The van der Waals surface area contributed by atoms with Crippen LogP contribution in [0, 0.1) is 0 Å². The molecule has 0 bridgehead atoms. The van der Waals surface area contributed by atoms with E-state index in [1.165, 1.54) is 17.3 Å². The molecule has 0 fully saturated rings. The highest BCUT2D eigenvalue weighted by molar-refractivity contribution is 8.00. The van der Waals surface area contributed by atoms with Crippen LogP contribution in [0.3, 0.4) is 0 Å². The zero-order chi connectivity index (χ0) is 19.1. The summed E-state index contributed by atoms with van der Waals surface area (Å²) in [5.74, 6) is 0.192. The number of fused-ring (bicyclic) bond motifs is 1. The highest BCUT2D eigenvalue weighted by Crippen LogP contribution is 2.30.